The van der Waals surface area contributed by atoms with Gasteiger partial charge in [0.15, 0.2) is 0 Å². The van der Waals surface area contributed by atoms with E-state index in [2.05, 4.69) is 32.9 Å². The average Bonchev–Trinajstić information content (AvgIpc) is 2.63. The number of hydrogen-bond donors (Lipinski definition) is 0. The van der Waals surface area contributed by atoms with Gasteiger partial charge in [0.1, 0.15) is 0 Å². The maximum atomic E-state index is 11.7. The van der Waals surface area contributed by atoms with Crippen LogP contribution in [0.3, 0.4) is 0 Å². The Morgan fingerprint density at radius 1 is 0.769 bits per heavy atom. The number of rotatable bonds is 19. The summed E-state index contributed by atoms with van der Waals surface area (Å²) in [5.41, 5.74) is 0. The van der Waals surface area contributed by atoms with Gasteiger partial charge in [-0.25, -0.2) is 0 Å². The van der Waals surface area contributed by atoms with Crippen LogP contribution in [0.4, 0.5) is 0 Å². The Bertz CT molecular complexity index is 322. The van der Waals surface area contributed by atoms with Crippen LogP contribution in [-0.2, 0) is 9.53 Å². The molecule has 0 aromatic rings. The van der Waals surface area contributed by atoms with Gasteiger partial charge < -0.3 is 4.74 Å². The second kappa shape index (κ2) is 20.5. The van der Waals surface area contributed by atoms with Gasteiger partial charge in [0.05, 0.1) is 6.61 Å². The highest BCUT2D eigenvalue weighted by atomic mass is 16.5. The van der Waals surface area contributed by atoms with E-state index in [1.54, 1.807) is 0 Å². The number of unbranched alkanes of at least 4 members (excludes halogenated alkanes) is 11. The highest BCUT2D eigenvalue weighted by Crippen LogP contribution is 2.11. The molecule has 0 saturated carbocycles. The second-order valence-corrected chi connectivity index (χ2v) is 7.91. The molecule has 1 atom stereocenters. The number of allylic oxidation sites excluding steroid dienone is 2. The molecule has 0 aromatic heterocycles. The number of hydrogen-bond acceptors (Lipinski definition) is 2. The van der Waals surface area contributed by atoms with E-state index in [4.69, 9.17) is 4.74 Å². The number of carbonyl (C=O) groups excluding carboxylic acids is 1. The lowest BCUT2D eigenvalue weighted by atomic mass is 10.1. The van der Waals surface area contributed by atoms with Crippen LogP contribution < -0.4 is 0 Å². The van der Waals surface area contributed by atoms with Gasteiger partial charge in [-0.15, -0.1) is 0 Å². The minimum Gasteiger partial charge on any atom is -0.465 e. The Kier molecular flexibility index (Phi) is 19.9. The molecule has 0 heterocycles. The van der Waals surface area contributed by atoms with E-state index >= 15 is 0 Å². The zero-order valence-corrected chi connectivity index (χ0v) is 18.1. The molecule has 2 nitrogen and oxygen atoms in total. The molecule has 154 valence electrons. The zero-order valence-electron chi connectivity index (χ0n) is 18.1. The molecule has 0 aliphatic heterocycles. The van der Waals surface area contributed by atoms with Crippen molar-refractivity contribution in [2.75, 3.05) is 6.61 Å². The van der Waals surface area contributed by atoms with Crippen LogP contribution in [0.5, 0.6) is 0 Å². The topological polar surface area (TPSA) is 26.3 Å². The molecule has 0 aliphatic rings. The second-order valence-electron chi connectivity index (χ2n) is 7.91. The van der Waals surface area contributed by atoms with Crippen LogP contribution >= 0.6 is 0 Å². The van der Waals surface area contributed by atoms with Gasteiger partial charge in [-0.2, -0.15) is 0 Å². The van der Waals surface area contributed by atoms with Crippen molar-refractivity contribution >= 4 is 5.97 Å². The van der Waals surface area contributed by atoms with E-state index in [1.165, 1.54) is 70.6 Å². The molecule has 0 bridgehead atoms. The molecule has 0 fully saturated rings. The summed E-state index contributed by atoms with van der Waals surface area (Å²) in [5.74, 6) is 0.489. The lowest BCUT2D eigenvalue weighted by Gasteiger charge is -2.10. The predicted octanol–water partition coefficient (Wildman–Crippen LogP) is 8.00. The Labute approximate surface area is 164 Å². The Hall–Kier alpha value is -0.790. The van der Waals surface area contributed by atoms with Gasteiger partial charge in [-0.3, -0.25) is 4.79 Å². The third kappa shape index (κ3) is 19.5. The van der Waals surface area contributed by atoms with Crippen LogP contribution in [-0.4, -0.2) is 12.6 Å². The molecule has 0 N–H and O–H groups in total. The van der Waals surface area contributed by atoms with E-state index in [1.807, 2.05) is 0 Å². The summed E-state index contributed by atoms with van der Waals surface area (Å²) in [6.07, 6.45) is 24.3. The van der Waals surface area contributed by atoms with Gasteiger partial charge >= 0.3 is 5.97 Å². The maximum Gasteiger partial charge on any atom is 0.305 e. The van der Waals surface area contributed by atoms with Gasteiger partial charge in [0.2, 0.25) is 0 Å². The highest BCUT2D eigenvalue weighted by Gasteiger charge is 2.06. The van der Waals surface area contributed by atoms with Gasteiger partial charge in [0.25, 0.3) is 0 Å². The average molecular weight is 367 g/mol. The van der Waals surface area contributed by atoms with E-state index in [9.17, 15) is 4.79 Å². The van der Waals surface area contributed by atoms with Crippen molar-refractivity contribution in [3.63, 3.8) is 0 Å². The highest BCUT2D eigenvalue weighted by molar-refractivity contribution is 5.69. The third-order valence-corrected chi connectivity index (χ3v) is 4.95. The number of esters is 1. The molecule has 0 rings (SSSR count). The Morgan fingerprint density at radius 3 is 1.88 bits per heavy atom. The lowest BCUT2D eigenvalue weighted by Crippen LogP contribution is -2.11. The van der Waals surface area contributed by atoms with E-state index < -0.39 is 0 Å². The minimum absolute atomic E-state index is 0.00872. The van der Waals surface area contributed by atoms with Crippen molar-refractivity contribution in [1.29, 1.82) is 0 Å². The fourth-order valence-electron chi connectivity index (χ4n) is 3.22. The summed E-state index contributed by atoms with van der Waals surface area (Å²) < 4.78 is 5.33. The zero-order chi connectivity index (χ0) is 19.3. The Balaban J connectivity index is 3.25. The first kappa shape index (κ1) is 25.2. The van der Waals surface area contributed by atoms with E-state index in [0.717, 1.165) is 25.7 Å². The molecule has 2 heteroatoms. The van der Waals surface area contributed by atoms with Crippen molar-refractivity contribution in [1.82, 2.24) is 0 Å². The van der Waals surface area contributed by atoms with Gasteiger partial charge in [0, 0.05) is 6.42 Å². The summed E-state index contributed by atoms with van der Waals surface area (Å²) >= 11 is 0. The van der Waals surface area contributed by atoms with Crippen LogP contribution in [0.1, 0.15) is 124 Å². The molecule has 0 unspecified atom stereocenters. The summed E-state index contributed by atoms with van der Waals surface area (Å²) in [4.78, 5) is 11.7. The van der Waals surface area contributed by atoms with E-state index in [-0.39, 0.29) is 5.97 Å². The molecular weight excluding hydrogens is 320 g/mol. The van der Waals surface area contributed by atoms with Crippen molar-refractivity contribution in [3.8, 4) is 0 Å². The minimum atomic E-state index is -0.00872. The van der Waals surface area contributed by atoms with Gasteiger partial charge in [-0.1, -0.05) is 90.7 Å². The van der Waals surface area contributed by atoms with Crippen LogP contribution in [0, 0.1) is 5.92 Å². The SMILES string of the molecule is CCCCCCCC/C=C\CCCCCCCC(=O)OC[C@@H](C)CCC. The molecule has 0 saturated heterocycles. The standard InChI is InChI=1S/C24H46O2/c1-4-6-7-8-9-10-11-12-13-14-15-16-17-18-19-21-24(25)26-22-23(3)20-5-2/h12-13,23H,4-11,14-22H2,1-3H3/b13-12-/t23-/m0/s1. The molecule has 0 amide bonds. The normalized spacial score (nSPS) is 12.6. The third-order valence-electron chi connectivity index (χ3n) is 4.95. The smallest absolute Gasteiger partial charge is 0.305 e. The lowest BCUT2D eigenvalue weighted by molar-refractivity contribution is -0.145. The first-order chi connectivity index (χ1) is 12.7. The van der Waals surface area contributed by atoms with Crippen molar-refractivity contribution < 1.29 is 9.53 Å². The van der Waals surface area contributed by atoms with Crippen LogP contribution in [0.25, 0.3) is 0 Å². The first-order valence-electron chi connectivity index (χ1n) is 11.5. The number of carbonyl (C=O) groups is 1. The summed E-state index contributed by atoms with van der Waals surface area (Å²) in [6, 6.07) is 0. The number of ether oxygens (including phenoxy) is 1. The van der Waals surface area contributed by atoms with E-state index in [0.29, 0.717) is 18.9 Å². The summed E-state index contributed by atoms with van der Waals surface area (Å²) in [5, 5.41) is 0. The van der Waals surface area contributed by atoms with Crippen LogP contribution in [0.2, 0.25) is 0 Å². The van der Waals surface area contributed by atoms with Crippen molar-refractivity contribution in [2.45, 2.75) is 124 Å². The van der Waals surface area contributed by atoms with Crippen LogP contribution in [0.15, 0.2) is 12.2 Å². The van der Waals surface area contributed by atoms with Crippen molar-refractivity contribution in [2.24, 2.45) is 5.92 Å². The largest absolute Gasteiger partial charge is 0.465 e. The fraction of sp³-hybridized carbons (Fsp3) is 0.875. The Morgan fingerprint density at radius 2 is 1.31 bits per heavy atom. The molecule has 0 aromatic carbocycles. The molecule has 0 radical (unpaired) electrons. The predicted molar refractivity (Wildman–Crippen MR) is 114 cm³/mol. The summed E-state index contributed by atoms with van der Waals surface area (Å²) in [7, 11) is 0. The first-order valence-corrected chi connectivity index (χ1v) is 11.5. The monoisotopic (exact) mass is 366 g/mol. The molecule has 26 heavy (non-hydrogen) atoms. The molecular formula is C24H46O2. The summed E-state index contributed by atoms with van der Waals surface area (Å²) in [6.45, 7) is 7.19. The quantitative estimate of drug-likeness (QED) is 0.131. The fourth-order valence-corrected chi connectivity index (χ4v) is 3.22. The molecule has 0 spiro atoms. The van der Waals surface area contributed by atoms with Gasteiger partial charge in [-0.05, 0) is 44.4 Å². The van der Waals surface area contributed by atoms with Crippen molar-refractivity contribution in [3.05, 3.63) is 12.2 Å². The maximum absolute atomic E-state index is 11.7. The molecule has 0 aliphatic carbocycles.